The molecule has 0 spiro atoms. The standard InChI is InChI=1S/C16H23ClN2O/c1-12-3-2-4-15(11-12)18-9-10-19-16(20)13-5-7-14(17)8-6-13/h5-8,12,15,18H,2-4,9-11H2,1H3,(H,19,20)/p+1/t12-,15-/m1/s1. The summed E-state index contributed by atoms with van der Waals surface area (Å²) in [6, 6.07) is 7.73. The van der Waals surface area contributed by atoms with Gasteiger partial charge in [0.2, 0.25) is 0 Å². The van der Waals surface area contributed by atoms with Gasteiger partial charge < -0.3 is 10.6 Å². The van der Waals surface area contributed by atoms with Crippen LogP contribution in [-0.4, -0.2) is 25.0 Å². The van der Waals surface area contributed by atoms with Crippen molar-refractivity contribution in [3.63, 3.8) is 0 Å². The van der Waals surface area contributed by atoms with E-state index in [-0.39, 0.29) is 5.91 Å². The van der Waals surface area contributed by atoms with Crippen LogP contribution in [0.5, 0.6) is 0 Å². The van der Waals surface area contributed by atoms with E-state index in [0.29, 0.717) is 17.1 Å². The monoisotopic (exact) mass is 295 g/mol. The zero-order valence-corrected chi connectivity index (χ0v) is 12.8. The summed E-state index contributed by atoms with van der Waals surface area (Å²) in [7, 11) is 0. The molecule has 110 valence electrons. The van der Waals surface area contributed by atoms with E-state index in [9.17, 15) is 4.79 Å². The van der Waals surface area contributed by atoms with E-state index in [1.165, 1.54) is 25.7 Å². The molecule has 1 saturated carbocycles. The number of rotatable bonds is 5. The van der Waals surface area contributed by atoms with Crippen molar-refractivity contribution in [3.05, 3.63) is 34.9 Å². The highest BCUT2D eigenvalue weighted by molar-refractivity contribution is 6.30. The Hall–Kier alpha value is -1.06. The third kappa shape index (κ3) is 4.80. The quantitative estimate of drug-likeness (QED) is 0.804. The summed E-state index contributed by atoms with van der Waals surface area (Å²) in [5.41, 5.74) is 0.667. The lowest BCUT2D eigenvalue weighted by molar-refractivity contribution is -0.690. The molecular formula is C16H24ClN2O+. The molecule has 0 saturated heterocycles. The van der Waals surface area contributed by atoms with Crippen molar-refractivity contribution in [2.24, 2.45) is 5.92 Å². The molecule has 0 heterocycles. The minimum Gasteiger partial charge on any atom is -0.346 e. The van der Waals surface area contributed by atoms with Gasteiger partial charge in [0.25, 0.3) is 5.91 Å². The van der Waals surface area contributed by atoms with E-state index >= 15 is 0 Å². The van der Waals surface area contributed by atoms with Crippen LogP contribution in [0.2, 0.25) is 5.02 Å². The number of hydrogen-bond donors (Lipinski definition) is 2. The minimum atomic E-state index is -0.0212. The number of amides is 1. The Kier molecular flexibility index (Phi) is 5.86. The lowest BCUT2D eigenvalue weighted by Gasteiger charge is -2.24. The zero-order valence-electron chi connectivity index (χ0n) is 12.1. The second-order valence-corrected chi connectivity index (χ2v) is 6.26. The van der Waals surface area contributed by atoms with Gasteiger partial charge in [-0.3, -0.25) is 4.79 Å². The number of nitrogens with one attached hydrogen (secondary N) is 1. The fourth-order valence-corrected chi connectivity index (χ4v) is 3.03. The van der Waals surface area contributed by atoms with Crippen molar-refractivity contribution in [2.75, 3.05) is 13.1 Å². The molecule has 2 atom stereocenters. The number of hydrogen-bond acceptors (Lipinski definition) is 1. The second-order valence-electron chi connectivity index (χ2n) is 5.82. The fraction of sp³-hybridized carbons (Fsp3) is 0.562. The van der Waals surface area contributed by atoms with Crippen molar-refractivity contribution in [2.45, 2.75) is 38.6 Å². The highest BCUT2D eigenvalue weighted by atomic mass is 35.5. The first-order valence-electron chi connectivity index (χ1n) is 7.52. The molecule has 1 aliphatic carbocycles. The number of quaternary nitrogens is 1. The van der Waals surface area contributed by atoms with E-state index < -0.39 is 0 Å². The largest absolute Gasteiger partial charge is 0.346 e. The lowest BCUT2D eigenvalue weighted by Crippen LogP contribution is -2.91. The van der Waals surface area contributed by atoms with E-state index in [4.69, 9.17) is 11.6 Å². The minimum absolute atomic E-state index is 0.0212. The van der Waals surface area contributed by atoms with Gasteiger partial charge in [-0.15, -0.1) is 0 Å². The summed E-state index contributed by atoms with van der Waals surface area (Å²) in [6.07, 6.45) is 5.34. The Morgan fingerprint density at radius 1 is 1.35 bits per heavy atom. The van der Waals surface area contributed by atoms with Crippen LogP contribution in [0, 0.1) is 5.92 Å². The Labute approximate surface area is 126 Å². The Morgan fingerprint density at radius 3 is 2.80 bits per heavy atom. The summed E-state index contributed by atoms with van der Waals surface area (Å²) >= 11 is 5.80. The fourth-order valence-electron chi connectivity index (χ4n) is 2.90. The van der Waals surface area contributed by atoms with Crippen LogP contribution in [0.4, 0.5) is 0 Å². The molecule has 1 fully saturated rings. The molecule has 0 unspecified atom stereocenters. The molecule has 3 N–H and O–H groups in total. The molecule has 3 nitrogen and oxygen atoms in total. The van der Waals surface area contributed by atoms with Crippen LogP contribution in [0.3, 0.4) is 0 Å². The summed E-state index contributed by atoms with van der Waals surface area (Å²) in [5, 5.41) is 6.00. The number of carbonyl (C=O) groups excluding carboxylic acids is 1. The summed E-state index contributed by atoms with van der Waals surface area (Å²) < 4.78 is 0. The Morgan fingerprint density at radius 2 is 2.10 bits per heavy atom. The number of benzene rings is 1. The third-order valence-electron chi connectivity index (χ3n) is 4.01. The summed E-state index contributed by atoms with van der Waals surface area (Å²) in [6.45, 7) is 4.01. The average Bonchev–Trinajstić information content (AvgIpc) is 2.44. The maximum absolute atomic E-state index is 11.9. The number of halogens is 1. The smallest absolute Gasteiger partial charge is 0.251 e. The van der Waals surface area contributed by atoms with E-state index in [0.717, 1.165) is 18.5 Å². The highest BCUT2D eigenvalue weighted by Gasteiger charge is 2.20. The molecule has 0 aliphatic heterocycles. The number of nitrogens with two attached hydrogens (primary N) is 1. The van der Waals surface area contributed by atoms with Crippen LogP contribution in [-0.2, 0) is 0 Å². The van der Waals surface area contributed by atoms with Crippen LogP contribution < -0.4 is 10.6 Å². The highest BCUT2D eigenvalue weighted by Crippen LogP contribution is 2.21. The number of carbonyl (C=O) groups is 1. The first-order chi connectivity index (χ1) is 9.65. The topological polar surface area (TPSA) is 45.7 Å². The Balaban J connectivity index is 1.65. The predicted molar refractivity (Wildman–Crippen MR) is 82.0 cm³/mol. The molecule has 20 heavy (non-hydrogen) atoms. The van der Waals surface area contributed by atoms with Gasteiger partial charge in [0.15, 0.2) is 0 Å². The molecule has 0 bridgehead atoms. The van der Waals surface area contributed by atoms with E-state index in [1.807, 2.05) is 0 Å². The van der Waals surface area contributed by atoms with Gasteiger partial charge in [0.1, 0.15) is 0 Å². The SMILES string of the molecule is C[C@@H]1CCC[C@@H]([NH2+]CCNC(=O)c2ccc(Cl)cc2)C1. The van der Waals surface area contributed by atoms with Gasteiger partial charge >= 0.3 is 0 Å². The van der Waals surface area contributed by atoms with Gasteiger partial charge in [0.05, 0.1) is 19.1 Å². The molecule has 4 heteroatoms. The molecule has 1 aromatic rings. The van der Waals surface area contributed by atoms with Crippen LogP contribution >= 0.6 is 11.6 Å². The average molecular weight is 296 g/mol. The lowest BCUT2D eigenvalue weighted by atomic mass is 9.87. The van der Waals surface area contributed by atoms with Crippen LogP contribution in [0.1, 0.15) is 43.0 Å². The maximum Gasteiger partial charge on any atom is 0.251 e. The molecule has 0 aromatic heterocycles. The van der Waals surface area contributed by atoms with Crippen molar-refractivity contribution >= 4 is 17.5 Å². The van der Waals surface area contributed by atoms with Gasteiger partial charge in [-0.25, -0.2) is 0 Å². The summed E-state index contributed by atoms with van der Waals surface area (Å²) in [5.74, 6) is 0.834. The zero-order chi connectivity index (χ0) is 14.4. The van der Waals surface area contributed by atoms with Crippen molar-refractivity contribution in [1.82, 2.24) is 5.32 Å². The van der Waals surface area contributed by atoms with Crippen LogP contribution in [0.25, 0.3) is 0 Å². The van der Waals surface area contributed by atoms with Crippen molar-refractivity contribution in [1.29, 1.82) is 0 Å². The molecule has 1 aromatic carbocycles. The Bertz CT molecular complexity index is 433. The van der Waals surface area contributed by atoms with E-state index in [1.54, 1.807) is 24.3 Å². The first-order valence-corrected chi connectivity index (χ1v) is 7.90. The molecular weight excluding hydrogens is 272 g/mol. The molecule has 1 amide bonds. The first kappa shape index (κ1) is 15.3. The van der Waals surface area contributed by atoms with E-state index in [2.05, 4.69) is 17.6 Å². The normalized spacial score (nSPS) is 22.5. The van der Waals surface area contributed by atoms with Crippen LogP contribution in [0.15, 0.2) is 24.3 Å². The summed E-state index contributed by atoms with van der Waals surface area (Å²) in [4.78, 5) is 11.9. The van der Waals surface area contributed by atoms with Crippen molar-refractivity contribution in [3.8, 4) is 0 Å². The predicted octanol–water partition coefficient (Wildman–Crippen LogP) is 2.21. The molecule has 0 radical (unpaired) electrons. The van der Waals surface area contributed by atoms with Gasteiger partial charge in [-0.1, -0.05) is 24.9 Å². The van der Waals surface area contributed by atoms with Gasteiger partial charge in [-0.2, -0.15) is 0 Å². The van der Waals surface area contributed by atoms with Gasteiger partial charge in [0, 0.05) is 17.0 Å². The molecule has 1 aliphatic rings. The third-order valence-corrected chi connectivity index (χ3v) is 4.27. The second kappa shape index (κ2) is 7.65. The maximum atomic E-state index is 11.9. The van der Waals surface area contributed by atoms with Gasteiger partial charge in [-0.05, 0) is 43.0 Å². The molecule has 2 rings (SSSR count). The van der Waals surface area contributed by atoms with Crippen molar-refractivity contribution < 1.29 is 10.1 Å².